The minimum absolute atomic E-state index is 0.0984. The third-order valence-corrected chi connectivity index (χ3v) is 4.72. The van der Waals surface area contributed by atoms with Crippen LogP contribution in [0.4, 0.5) is 8.78 Å². The van der Waals surface area contributed by atoms with Crippen LogP contribution >= 0.6 is 15.9 Å². The van der Waals surface area contributed by atoms with E-state index in [-0.39, 0.29) is 22.0 Å². The van der Waals surface area contributed by atoms with E-state index in [2.05, 4.69) is 26.6 Å². The molecule has 3 nitrogen and oxygen atoms in total. The van der Waals surface area contributed by atoms with E-state index in [0.717, 1.165) is 37.8 Å². The Balaban J connectivity index is 1.72. The van der Waals surface area contributed by atoms with Gasteiger partial charge in [-0.15, -0.1) is 0 Å². The molecule has 20 heavy (non-hydrogen) atoms. The topological polar surface area (TPSA) is 41.1 Å². The molecule has 2 aliphatic rings. The first-order valence-corrected chi connectivity index (χ1v) is 7.53. The summed E-state index contributed by atoms with van der Waals surface area (Å²) in [6, 6.07) is 2.95. The van der Waals surface area contributed by atoms with Crippen molar-refractivity contribution in [3.63, 3.8) is 0 Å². The third-order valence-electron chi connectivity index (χ3n) is 4.06. The van der Waals surface area contributed by atoms with Gasteiger partial charge in [-0.1, -0.05) is 0 Å². The molecule has 3 rings (SSSR count). The number of nitrogens with one attached hydrogen (secondary N) is 2. The molecule has 2 bridgehead atoms. The van der Waals surface area contributed by atoms with Gasteiger partial charge in [0.1, 0.15) is 0 Å². The van der Waals surface area contributed by atoms with Gasteiger partial charge in [-0.2, -0.15) is 0 Å². The van der Waals surface area contributed by atoms with Gasteiger partial charge in [0.05, 0.1) is 5.56 Å². The fraction of sp³-hybridized carbons (Fsp3) is 0.500. The highest BCUT2D eigenvalue weighted by molar-refractivity contribution is 9.10. The van der Waals surface area contributed by atoms with E-state index in [1.807, 2.05) is 0 Å². The Bertz CT molecular complexity index is 540. The van der Waals surface area contributed by atoms with E-state index in [4.69, 9.17) is 0 Å². The van der Waals surface area contributed by atoms with E-state index < -0.39 is 11.6 Å². The minimum Gasteiger partial charge on any atom is -0.349 e. The molecule has 1 aromatic carbocycles. The first-order valence-electron chi connectivity index (χ1n) is 6.74. The van der Waals surface area contributed by atoms with Gasteiger partial charge in [-0.25, -0.2) is 8.78 Å². The molecule has 2 heterocycles. The van der Waals surface area contributed by atoms with Crippen molar-refractivity contribution in [1.82, 2.24) is 10.6 Å². The first-order chi connectivity index (χ1) is 9.52. The molecule has 2 saturated heterocycles. The van der Waals surface area contributed by atoms with Gasteiger partial charge < -0.3 is 10.6 Å². The molecule has 0 spiro atoms. The monoisotopic (exact) mass is 344 g/mol. The lowest BCUT2D eigenvalue weighted by atomic mass is 9.99. The number of carbonyl (C=O) groups is 1. The predicted octanol–water partition coefficient (Wildman–Crippen LogP) is 2.74. The van der Waals surface area contributed by atoms with E-state index >= 15 is 0 Å². The Labute approximate surface area is 124 Å². The fourth-order valence-corrected chi connectivity index (χ4v) is 3.63. The lowest BCUT2D eigenvalue weighted by molar-refractivity contribution is 0.0922. The summed E-state index contributed by atoms with van der Waals surface area (Å²) >= 11 is 3.10. The van der Waals surface area contributed by atoms with Crippen LogP contribution in [0, 0.1) is 11.6 Å². The second-order valence-corrected chi connectivity index (χ2v) is 6.38. The summed E-state index contributed by atoms with van der Waals surface area (Å²) in [5.41, 5.74) is 0.134. The first kappa shape index (κ1) is 13.9. The molecule has 108 valence electrons. The second kappa shape index (κ2) is 5.41. The number of rotatable bonds is 2. The molecule has 6 heteroatoms. The molecular weight excluding hydrogens is 330 g/mol. The minimum atomic E-state index is -1.01. The summed E-state index contributed by atoms with van der Waals surface area (Å²) in [4.78, 5) is 12.2. The van der Waals surface area contributed by atoms with Crippen molar-refractivity contribution >= 4 is 21.8 Å². The van der Waals surface area contributed by atoms with Crippen molar-refractivity contribution in [2.45, 2.75) is 43.8 Å². The Morgan fingerprint density at radius 3 is 2.45 bits per heavy atom. The Kier molecular flexibility index (Phi) is 3.77. The van der Waals surface area contributed by atoms with Crippen LogP contribution in [0.15, 0.2) is 16.6 Å². The van der Waals surface area contributed by atoms with E-state index in [1.54, 1.807) is 0 Å². The van der Waals surface area contributed by atoms with Crippen molar-refractivity contribution in [3.8, 4) is 0 Å². The van der Waals surface area contributed by atoms with Gasteiger partial charge in [0.15, 0.2) is 11.6 Å². The van der Waals surface area contributed by atoms with Gasteiger partial charge in [-0.05, 0) is 53.7 Å². The Morgan fingerprint density at radius 1 is 1.20 bits per heavy atom. The normalized spacial score (nSPS) is 28.4. The molecule has 2 N–H and O–H groups in total. The highest BCUT2D eigenvalue weighted by Crippen LogP contribution is 2.27. The number of piperidine rings is 1. The van der Waals surface area contributed by atoms with Crippen LogP contribution < -0.4 is 10.6 Å². The van der Waals surface area contributed by atoms with Crippen LogP contribution in [0.5, 0.6) is 0 Å². The zero-order valence-corrected chi connectivity index (χ0v) is 12.3. The largest absolute Gasteiger partial charge is 0.349 e. The zero-order valence-electron chi connectivity index (χ0n) is 10.8. The zero-order chi connectivity index (χ0) is 14.3. The molecule has 2 unspecified atom stereocenters. The highest BCUT2D eigenvalue weighted by Gasteiger charge is 2.34. The molecule has 0 saturated carbocycles. The maximum absolute atomic E-state index is 13.2. The summed E-state index contributed by atoms with van der Waals surface area (Å²) in [7, 11) is 0. The van der Waals surface area contributed by atoms with Crippen molar-refractivity contribution in [2.24, 2.45) is 0 Å². The summed E-state index contributed by atoms with van der Waals surface area (Å²) in [6.07, 6.45) is 4.07. The SMILES string of the molecule is O=C(NC1CC2CCC(C1)N2)c1cc(F)c(F)cc1Br. The number of benzene rings is 1. The number of halogens is 3. The van der Waals surface area contributed by atoms with Gasteiger partial charge in [0.25, 0.3) is 5.91 Å². The van der Waals surface area contributed by atoms with E-state index in [9.17, 15) is 13.6 Å². The van der Waals surface area contributed by atoms with Crippen molar-refractivity contribution in [1.29, 1.82) is 0 Å². The van der Waals surface area contributed by atoms with Crippen LogP contribution in [-0.4, -0.2) is 24.0 Å². The molecule has 0 radical (unpaired) electrons. The summed E-state index contributed by atoms with van der Waals surface area (Å²) < 4.78 is 26.6. The number of carbonyl (C=O) groups excluding carboxylic acids is 1. The lowest BCUT2D eigenvalue weighted by Crippen LogP contribution is -2.48. The van der Waals surface area contributed by atoms with Crippen molar-refractivity contribution < 1.29 is 13.6 Å². The Hall–Kier alpha value is -1.01. The highest BCUT2D eigenvalue weighted by atomic mass is 79.9. The number of hydrogen-bond acceptors (Lipinski definition) is 2. The van der Waals surface area contributed by atoms with Crippen LogP contribution in [0.1, 0.15) is 36.0 Å². The molecule has 0 aromatic heterocycles. The molecule has 0 aliphatic carbocycles. The standard InChI is InChI=1S/C14H15BrF2N2O/c15-11-6-13(17)12(16)5-10(11)14(20)19-9-3-7-1-2-8(4-9)18-7/h5-9,18H,1-4H2,(H,19,20). The predicted molar refractivity (Wildman–Crippen MR) is 74.5 cm³/mol. The molecule has 2 atom stereocenters. The number of fused-ring (bicyclic) bond motifs is 2. The van der Waals surface area contributed by atoms with E-state index in [0.29, 0.717) is 12.1 Å². The van der Waals surface area contributed by atoms with Crippen LogP contribution in [0.25, 0.3) is 0 Å². The van der Waals surface area contributed by atoms with Crippen molar-refractivity contribution in [3.05, 3.63) is 33.8 Å². The maximum Gasteiger partial charge on any atom is 0.252 e. The molecule has 2 fully saturated rings. The average molecular weight is 345 g/mol. The average Bonchev–Trinajstić information content (AvgIpc) is 2.73. The van der Waals surface area contributed by atoms with Gasteiger partial charge >= 0.3 is 0 Å². The number of amides is 1. The summed E-state index contributed by atoms with van der Waals surface area (Å²) in [6.45, 7) is 0. The summed E-state index contributed by atoms with van der Waals surface area (Å²) in [5, 5.41) is 6.42. The second-order valence-electron chi connectivity index (χ2n) is 5.53. The molecule has 1 amide bonds. The van der Waals surface area contributed by atoms with Gasteiger partial charge in [0, 0.05) is 22.6 Å². The lowest BCUT2D eigenvalue weighted by Gasteiger charge is -2.29. The third kappa shape index (κ3) is 2.72. The van der Waals surface area contributed by atoms with Gasteiger partial charge in [0.2, 0.25) is 0 Å². The van der Waals surface area contributed by atoms with Crippen LogP contribution in [-0.2, 0) is 0 Å². The number of hydrogen-bond donors (Lipinski definition) is 2. The van der Waals surface area contributed by atoms with Crippen molar-refractivity contribution in [2.75, 3.05) is 0 Å². The van der Waals surface area contributed by atoms with E-state index in [1.165, 1.54) is 0 Å². The smallest absolute Gasteiger partial charge is 0.252 e. The fourth-order valence-electron chi connectivity index (χ4n) is 3.13. The maximum atomic E-state index is 13.2. The molecular formula is C14H15BrF2N2O. The van der Waals surface area contributed by atoms with Crippen LogP contribution in [0.2, 0.25) is 0 Å². The van der Waals surface area contributed by atoms with Gasteiger partial charge in [-0.3, -0.25) is 4.79 Å². The molecule has 2 aliphatic heterocycles. The Morgan fingerprint density at radius 2 is 1.80 bits per heavy atom. The molecule has 1 aromatic rings. The quantitative estimate of drug-likeness (QED) is 0.810. The van der Waals surface area contributed by atoms with Crippen LogP contribution in [0.3, 0.4) is 0 Å². The summed E-state index contributed by atoms with van der Waals surface area (Å²) in [5.74, 6) is -2.33.